The third kappa shape index (κ3) is 7.98. The second-order valence-corrected chi connectivity index (χ2v) is 6.53. The highest BCUT2D eigenvalue weighted by Crippen LogP contribution is 2.22. The first kappa shape index (κ1) is 22.7. The molecule has 0 aliphatic carbocycles. The van der Waals surface area contributed by atoms with E-state index in [0.717, 1.165) is 12.3 Å². The van der Waals surface area contributed by atoms with E-state index >= 15 is 0 Å². The van der Waals surface area contributed by atoms with Gasteiger partial charge in [-0.3, -0.25) is 4.79 Å². The van der Waals surface area contributed by atoms with Gasteiger partial charge >= 0.3 is 0 Å². The lowest BCUT2D eigenvalue weighted by molar-refractivity contribution is -0.128. The molecule has 0 atom stereocenters. The van der Waals surface area contributed by atoms with Gasteiger partial charge in [0.2, 0.25) is 11.8 Å². The number of oxazole rings is 1. The number of carbonyl (C=O) groups is 1. The fourth-order valence-electron chi connectivity index (χ4n) is 1.73. The summed E-state index contributed by atoms with van der Waals surface area (Å²) in [4.78, 5) is 21.8. The Hall–Kier alpha value is -1.32. The summed E-state index contributed by atoms with van der Waals surface area (Å²) in [6.45, 7) is 9.85. The van der Waals surface area contributed by atoms with Crippen LogP contribution in [0.2, 0.25) is 0 Å². The van der Waals surface area contributed by atoms with E-state index in [0.29, 0.717) is 31.4 Å². The van der Waals surface area contributed by atoms with Crippen molar-refractivity contribution in [3.05, 3.63) is 17.8 Å². The van der Waals surface area contributed by atoms with Crippen molar-refractivity contribution in [3.63, 3.8) is 0 Å². The standard InChI is InChI=1S/C16H29N5O2.HI/c1-7-17-15(18-9-8-14(22)21(5)6)20-11-13-19-10-12(23-13)16(2,3)4;/h10H,7-9,11H2,1-6H3,(H2,17,18,20);1H. The van der Waals surface area contributed by atoms with Gasteiger partial charge in [0.15, 0.2) is 5.96 Å². The quantitative estimate of drug-likeness (QED) is 0.394. The number of nitrogens with one attached hydrogen (secondary N) is 2. The van der Waals surface area contributed by atoms with Crippen LogP contribution in [-0.4, -0.2) is 48.9 Å². The van der Waals surface area contributed by atoms with Crippen LogP contribution in [0, 0.1) is 0 Å². The number of nitrogens with zero attached hydrogens (tertiary/aromatic N) is 3. The Morgan fingerprint density at radius 2 is 2.00 bits per heavy atom. The summed E-state index contributed by atoms with van der Waals surface area (Å²) in [6, 6.07) is 0. The third-order valence-corrected chi connectivity index (χ3v) is 3.14. The zero-order chi connectivity index (χ0) is 17.5. The second-order valence-electron chi connectivity index (χ2n) is 6.53. The number of aliphatic imine (C=N–C) groups is 1. The van der Waals surface area contributed by atoms with Crippen LogP contribution in [0.4, 0.5) is 0 Å². The van der Waals surface area contributed by atoms with E-state index < -0.39 is 0 Å². The van der Waals surface area contributed by atoms with E-state index in [9.17, 15) is 4.79 Å². The molecule has 1 heterocycles. The molecule has 0 saturated carbocycles. The number of halogens is 1. The van der Waals surface area contributed by atoms with Crippen LogP contribution in [0.25, 0.3) is 0 Å². The molecule has 2 N–H and O–H groups in total. The molecule has 0 saturated heterocycles. The summed E-state index contributed by atoms with van der Waals surface area (Å²) >= 11 is 0. The van der Waals surface area contributed by atoms with Gasteiger partial charge in [0.1, 0.15) is 12.3 Å². The molecule has 1 amide bonds. The summed E-state index contributed by atoms with van der Waals surface area (Å²) in [5, 5.41) is 6.27. The first-order valence-electron chi connectivity index (χ1n) is 7.91. The van der Waals surface area contributed by atoms with E-state index in [1.807, 2.05) is 6.92 Å². The van der Waals surface area contributed by atoms with Crippen molar-refractivity contribution in [1.82, 2.24) is 20.5 Å². The molecular formula is C16H30IN5O2. The average Bonchev–Trinajstić information content (AvgIpc) is 2.93. The van der Waals surface area contributed by atoms with E-state index in [2.05, 4.69) is 41.4 Å². The van der Waals surface area contributed by atoms with E-state index in [1.54, 1.807) is 25.2 Å². The Morgan fingerprint density at radius 1 is 1.33 bits per heavy atom. The maximum absolute atomic E-state index is 11.6. The zero-order valence-corrected chi connectivity index (χ0v) is 17.8. The van der Waals surface area contributed by atoms with Crippen LogP contribution in [-0.2, 0) is 16.8 Å². The number of hydrogen-bond acceptors (Lipinski definition) is 4. The first-order valence-corrected chi connectivity index (χ1v) is 7.91. The molecule has 1 aromatic heterocycles. The fraction of sp³-hybridized carbons (Fsp3) is 0.688. The van der Waals surface area contributed by atoms with Crippen molar-refractivity contribution < 1.29 is 9.21 Å². The summed E-state index contributed by atoms with van der Waals surface area (Å²) in [6.07, 6.45) is 2.17. The van der Waals surface area contributed by atoms with E-state index in [-0.39, 0.29) is 35.3 Å². The van der Waals surface area contributed by atoms with Gasteiger partial charge in [-0.1, -0.05) is 20.8 Å². The lowest BCUT2D eigenvalue weighted by Crippen LogP contribution is -2.39. The molecule has 0 aromatic carbocycles. The number of carbonyl (C=O) groups excluding carboxylic acids is 1. The van der Waals surface area contributed by atoms with Crippen molar-refractivity contribution in [3.8, 4) is 0 Å². The summed E-state index contributed by atoms with van der Waals surface area (Å²) in [7, 11) is 3.49. The number of amides is 1. The van der Waals surface area contributed by atoms with Gasteiger partial charge in [-0.2, -0.15) is 0 Å². The smallest absolute Gasteiger partial charge is 0.223 e. The molecule has 0 aliphatic rings. The van der Waals surface area contributed by atoms with Gasteiger partial charge in [0.05, 0.1) is 6.20 Å². The maximum atomic E-state index is 11.6. The SMILES string of the molecule is CCNC(=NCc1ncc(C(C)(C)C)o1)NCCC(=O)N(C)C.I. The molecule has 0 radical (unpaired) electrons. The Morgan fingerprint density at radius 3 is 2.50 bits per heavy atom. The van der Waals surface area contributed by atoms with Gasteiger partial charge in [-0.15, -0.1) is 24.0 Å². The highest BCUT2D eigenvalue weighted by atomic mass is 127. The summed E-state index contributed by atoms with van der Waals surface area (Å²) < 4.78 is 5.72. The highest BCUT2D eigenvalue weighted by molar-refractivity contribution is 14.0. The summed E-state index contributed by atoms with van der Waals surface area (Å²) in [5.74, 6) is 2.15. The number of guanidine groups is 1. The molecule has 0 aliphatic heterocycles. The normalized spacial score (nSPS) is 11.7. The highest BCUT2D eigenvalue weighted by Gasteiger charge is 2.19. The van der Waals surface area contributed by atoms with Crippen LogP contribution in [0.15, 0.2) is 15.6 Å². The number of hydrogen-bond donors (Lipinski definition) is 2. The fourth-order valence-corrected chi connectivity index (χ4v) is 1.73. The predicted octanol–water partition coefficient (Wildman–Crippen LogP) is 2.12. The van der Waals surface area contributed by atoms with Crippen molar-refractivity contribution in [2.24, 2.45) is 4.99 Å². The molecule has 1 rings (SSSR count). The van der Waals surface area contributed by atoms with Gasteiger partial charge in [0, 0.05) is 39.0 Å². The Kier molecular flexibility index (Phi) is 9.95. The van der Waals surface area contributed by atoms with Crippen molar-refractivity contribution in [1.29, 1.82) is 0 Å². The van der Waals surface area contributed by atoms with Crippen LogP contribution in [0.5, 0.6) is 0 Å². The molecule has 0 fully saturated rings. The van der Waals surface area contributed by atoms with Crippen LogP contribution in [0.3, 0.4) is 0 Å². The average molecular weight is 451 g/mol. The van der Waals surface area contributed by atoms with Gasteiger partial charge in [-0.25, -0.2) is 9.98 Å². The lowest BCUT2D eigenvalue weighted by Gasteiger charge is -2.13. The van der Waals surface area contributed by atoms with E-state index in [1.165, 1.54) is 0 Å². The lowest BCUT2D eigenvalue weighted by atomic mass is 9.94. The van der Waals surface area contributed by atoms with E-state index in [4.69, 9.17) is 4.42 Å². The monoisotopic (exact) mass is 451 g/mol. The van der Waals surface area contributed by atoms with Crippen molar-refractivity contribution in [2.45, 2.75) is 46.1 Å². The molecule has 0 bridgehead atoms. The Labute approximate surface area is 161 Å². The van der Waals surface area contributed by atoms with Crippen LogP contribution < -0.4 is 10.6 Å². The minimum absolute atomic E-state index is 0. The van der Waals surface area contributed by atoms with Gasteiger partial charge in [-0.05, 0) is 6.92 Å². The maximum Gasteiger partial charge on any atom is 0.223 e. The molecule has 24 heavy (non-hydrogen) atoms. The minimum Gasteiger partial charge on any atom is -0.443 e. The Balaban J connectivity index is 0.00000529. The number of rotatable bonds is 6. The van der Waals surface area contributed by atoms with Gasteiger partial charge in [0.25, 0.3) is 0 Å². The number of aromatic nitrogens is 1. The second kappa shape index (κ2) is 10.5. The molecule has 7 nitrogen and oxygen atoms in total. The largest absolute Gasteiger partial charge is 0.443 e. The molecule has 1 aromatic rings. The van der Waals surface area contributed by atoms with Gasteiger partial charge < -0.3 is 20.0 Å². The van der Waals surface area contributed by atoms with Crippen molar-refractivity contribution in [2.75, 3.05) is 27.2 Å². The van der Waals surface area contributed by atoms with Crippen molar-refractivity contribution >= 4 is 35.8 Å². The molecule has 0 spiro atoms. The van der Waals surface area contributed by atoms with Crippen LogP contribution in [0.1, 0.15) is 45.8 Å². The first-order chi connectivity index (χ1) is 10.7. The molecule has 138 valence electrons. The molecular weight excluding hydrogens is 421 g/mol. The summed E-state index contributed by atoms with van der Waals surface area (Å²) in [5.41, 5.74) is -0.0652. The third-order valence-electron chi connectivity index (χ3n) is 3.14. The molecule has 0 unspecified atom stereocenters. The topological polar surface area (TPSA) is 82.8 Å². The zero-order valence-electron chi connectivity index (χ0n) is 15.5. The predicted molar refractivity (Wildman–Crippen MR) is 107 cm³/mol. The minimum atomic E-state index is -0.0652. The Bertz CT molecular complexity index is 535. The van der Waals surface area contributed by atoms with Crippen LogP contribution >= 0.6 is 24.0 Å². The molecule has 8 heteroatoms.